The highest BCUT2D eigenvalue weighted by atomic mass is 16.5. The molecule has 0 radical (unpaired) electrons. The van der Waals surface area contributed by atoms with Crippen molar-refractivity contribution in [3.63, 3.8) is 0 Å². The second-order valence-corrected chi connectivity index (χ2v) is 6.76. The van der Waals surface area contributed by atoms with E-state index in [1.165, 1.54) is 56.9 Å². The van der Waals surface area contributed by atoms with Gasteiger partial charge in [0.15, 0.2) is 0 Å². The summed E-state index contributed by atoms with van der Waals surface area (Å²) in [6.07, 6.45) is 16.0. The molecule has 1 aliphatic rings. The molecule has 2 rings (SSSR count). The first-order chi connectivity index (χ1) is 10.8. The average Bonchev–Trinajstić information content (AvgIpc) is 2.56. The van der Waals surface area contributed by atoms with E-state index >= 15 is 0 Å². The summed E-state index contributed by atoms with van der Waals surface area (Å²) >= 11 is 0. The Morgan fingerprint density at radius 2 is 1.59 bits per heavy atom. The van der Waals surface area contributed by atoms with E-state index in [9.17, 15) is 0 Å². The van der Waals surface area contributed by atoms with Crippen LogP contribution in [0.4, 0.5) is 0 Å². The van der Waals surface area contributed by atoms with Crippen molar-refractivity contribution in [2.24, 2.45) is 11.8 Å². The molecular formula is C21H32O. The number of allylic oxidation sites excluding steroid dienone is 1. The molecule has 1 nitrogen and oxygen atoms in total. The summed E-state index contributed by atoms with van der Waals surface area (Å²) in [6, 6.07) is 8.62. The largest absolute Gasteiger partial charge is 0.465 e. The number of aryl methyl sites for hydroxylation is 1. The minimum absolute atomic E-state index is 0.938. The predicted octanol–water partition coefficient (Wildman–Crippen LogP) is 6.53. The molecule has 122 valence electrons. The molecule has 0 heterocycles. The molecule has 0 bridgehead atoms. The molecule has 1 heteroatoms. The zero-order valence-corrected chi connectivity index (χ0v) is 14.4. The van der Waals surface area contributed by atoms with Crippen LogP contribution < -0.4 is 4.74 Å². The highest BCUT2D eigenvalue weighted by Crippen LogP contribution is 2.33. The normalized spacial score (nSPS) is 22.1. The monoisotopic (exact) mass is 300 g/mol. The van der Waals surface area contributed by atoms with E-state index < -0.39 is 0 Å². The van der Waals surface area contributed by atoms with E-state index in [1.54, 1.807) is 6.26 Å². The fourth-order valence-corrected chi connectivity index (χ4v) is 3.55. The first-order valence-corrected chi connectivity index (χ1v) is 9.22. The van der Waals surface area contributed by atoms with Crippen molar-refractivity contribution in [1.29, 1.82) is 0 Å². The van der Waals surface area contributed by atoms with Crippen molar-refractivity contribution in [3.8, 4) is 5.75 Å². The van der Waals surface area contributed by atoms with Crippen LogP contribution >= 0.6 is 0 Å². The van der Waals surface area contributed by atoms with Gasteiger partial charge in [0.1, 0.15) is 5.75 Å². The van der Waals surface area contributed by atoms with Gasteiger partial charge in [-0.15, -0.1) is 0 Å². The van der Waals surface area contributed by atoms with Crippen LogP contribution in [0.3, 0.4) is 0 Å². The maximum Gasteiger partial charge on any atom is 0.126 e. The SMILES string of the molecule is CC/C=C/Oc1ccc(CC[C@H]2CC[C@H](CCC)CC2)cc1. The summed E-state index contributed by atoms with van der Waals surface area (Å²) in [6.45, 7) is 4.43. The average molecular weight is 300 g/mol. The van der Waals surface area contributed by atoms with Gasteiger partial charge in [-0.05, 0) is 54.9 Å². The Kier molecular flexibility index (Phi) is 7.56. The third-order valence-electron chi connectivity index (χ3n) is 4.96. The highest BCUT2D eigenvalue weighted by molar-refractivity contribution is 5.27. The number of benzene rings is 1. The second kappa shape index (κ2) is 9.71. The molecule has 0 atom stereocenters. The van der Waals surface area contributed by atoms with Crippen LogP contribution in [-0.2, 0) is 6.42 Å². The van der Waals surface area contributed by atoms with Crippen LogP contribution in [0.25, 0.3) is 0 Å². The van der Waals surface area contributed by atoms with Crippen molar-refractivity contribution in [2.75, 3.05) is 0 Å². The van der Waals surface area contributed by atoms with E-state index in [1.807, 2.05) is 6.08 Å². The smallest absolute Gasteiger partial charge is 0.126 e. The Hall–Kier alpha value is -1.24. The van der Waals surface area contributed by atoms with Gasteiger partial charge >= 0.3 is 0 Å². The third kappa shape index (κ3) is 5.87. The third-order valence-corrected chi connectivity index (χ3v) is 4.96. The topological polar surface area (TPSA) is 9.23 Å². The van der Waals surface area contributed by atoms with Gasteiger partial charge in [0.25, 0.3) is 0 Å². The van der Waals surface area contributed by atoms with Crippen LogP contribution in [0.1, 0.15) is 70.8 Å². The Balaban J connectivity index is 1.70. The fraction of sp³-hybridized carbons (Fsp3) is 0.619. The lowest BCUT2D eigenvalue weighted by Crippen LogP contribution is -2.15. The Morgan fingerprint density at radius 3 is 2.18 bits per heavy atom. The minimum Gasteiger partial charge on any atom is -0.465 e. The minimum atomic E-state index is 0.938. The molecule has 0 N–H and O–H groups in total. The summed E-state index contributed by atoms with van der Waals surface area (Å²) in [7, 11) is 0. The van der Waals surface area contributed by atoms with Gasteiger partial charge in [-0.2, -0.15) is 0 Å². The summed E-state index contributed by atoms with van der Waals surface area (Å²) in [5.41, 5.74) is 1.45. The lowest BCUT2D eigenvalue weighted by Gasteiger charge is -2.28. The van der Waals surface area contributed by atoms with Crippen LogP contribution in [0.2, 0.25) is 0 Å². The first-order valence-electron chi connectivity index (χ1n) is 9.22. The van der Waals surface area contributed by atoms with Gasteiger partial charge in [0.05, 0.1) is 6.26 Å². The molecule has 1 aliphatic carbocycles. The molecule has 1 saturated carbocycles. The van der Waals surface area contributed by atoms with Crippen molar-refractivity contribution in [3.05, 3.63) is 42.2 Å². The lowest BCUT2D eigenvalue weighted by molar-refractivity contribution is 0.252. The number of ether oxygens (including phenoxy) is 1. The van der Waals surface area contributed by atoms with E-state index in [4.69, 9.17) is 4.74 Å². The molecule has 22 heavy (non-hydrogen) atoms. The van der Waals surface area contributed by atoms with Gasteiger partial charge in [-0.25, -0.2) is 0 Å². The van der Waals surface area contributed by atoms with E-state index in [2.05, 4.69) is 38.1 Å². The maximum absolute atomic E-state index is 5.55. The first kappa shape index (κ1) is 17.1. The van der Waals surface area contributed by atoms with E-state index in [0.717, 1.165) is 24.0 Å². The summed E-state index contributed by atoms with van der Waals surface area (Å²) in [4.78, 5) is 0. The summed E-state index contributed by atoms with van der Waals surface area (Å²) < 4.78 is 5.55. The van der Waals surface area contributed by atoms with Gasteiger partial charge in [-0.1, -0.05) is 64.5 Å². The van der Waals surface area contributed by atoms with Gasteiger partial charge < -0.3 is 4.74 Å². The van der Waals surface area contributed by atoms with Crippen molar-refractivity contribution in [1.82, 2.24) is 0 Å². The van der Waals surface area contributed by atoms with Crippen LogP contribution in [-0.4, -0.2) is 0 Å². The fourth-order valence-electron chi connectivity index (χ4n) is 3.55. The lowest BCUT2D eigenvalue weighted by atomic mass is 9.78. The number of hydrogen-bond acceptors (Lipinski definition) is 1. The second-order valence-electron chi connectivity index (χ2n) is 6.76. The Bertz CT molecular complexity index is 424. The van der Waals surface area contributed by atoms with Gasteiger partial charge in [0, 0.05) is 0 Å². The molecule has 1 fully saturated rings. The molecular weight excluding hydrogens is 268 g/mol. The van der Waals surface area contributed by atoms with Crippen LogP contribution in [0.15, 0.2) is 36.6 Å². The molecule has 0 amide bonds. The molecule has 1 aromatic rings. The van der Waals surface area contributed by atoms with Crippen LogP contribution in [0, 0.1) is 11.8 Å². The summed E-state index contributed by atoms with van der Waals surface area (Å²) in [5, 5.41) is 0. The van der Waals surface area contributed by atoms with Crippen molar-refractivity contribution >= 4 is 0 Å². The predicted molar refractivity (Wildman–Crippen MR) is 95.2 cm³/mol. The Morgan fingerprint density at radius 1 is 0.955 bits per heavy atom. The van der Waals surface area contributed by atoms with Crippen molar-refractivity contribution < 1.29 is 4.74 Å². The zero-order valence-electron chi connectivity index (χ0n) is 14.4. The van der Waals surface area contributed by atoms with E-state index in [-0.39, 0.29) is 0 Å². The zero-order chi connectivity index (χ0) is 15.6. The molecule has 1 aromatic carbocycles. The van der Waals surface area contributed by atoms with Crippen molar-refractivity contribution in [2.45, 2.75) is 71.6 Å². The number of hydrogen-bond donors (Lipinski definition) is 0. The molecule has 0 aliphatic heterocycles. The van der Waals surface area contributed by atoms with Gasteiger partial charge in [0.2, 0.25) is 0 Å². The maximum atomic E-state index is 5.55. The molecule has 0 saturated heterocycles. The quantitative estimate of drug-likeness (QED) is 0.496. The molecule has 0 aromatic heterocycles. The van der Waals surface area contributed by atoms with Gasteiger partial charge in [-0.3, -0.25) is 0 Å². The summed E-state index contributed by atoms with van der Waals surface area (Å²) in [5.74, 6) is 2.92. The van der Waals surface area contributed by atoms with Crippen LogP contribution in [0.5, 0.6) is 5.75 Å². The molecule has 0 unspecified atom stereocenters. The number of rotatable bonds is 8. The molecule has 0 spiro atoms. The van der Waals surface area contributed by atoms with E-state index in [0.29, 0.717) is 0 Å². The standard InChI is InChI=1S/C21H32O/c1-3-5-17-22-21-15-13-20(14-16-21)12-11-19-9-7-18(6-4-2)8-10-19/h5,13-19H,3-4,6-12H2,1-2H3/b17-5+/t18-,19-. The highest BCUT2D eigenvalue weighted by Gasteiger charge is 2.20. The Labute approximate surface area is 136 Å².